The molecule has 5 nitrogen and oxygen atoms in total. The molecule has 0 spiro atoms. The lowest BCUT2D eigenvalue weighted by Gasteiger charge is -2.15. The van der Waals surface area contributed by atoms with Crippen molar-refractivity contribution in [1.82, 2.24) is 4.90 Å². The first-order valence-electron chi connectivity index (χ1n) is 10.7. The van der Waals surface area contributed by atoms with E-state index < -0.39 is 0 Å². The van der Waals surface area contributed by atoms with Crippen LogP contribution in [0.3, 0.4) is 0 Å². The van der Waals surface area contributed by atoms with Gasteiger partial charge in [-0.25, -0.2) is 4.99 Å². The van der Waals surface area contributed by atoms with Crippen molar-refractivity contribution < 1.29 is 14.3 Å². The third-order valence-corrected chi connectivity index (χ3v) is 6.12. The molecule has 0 unspecified atom stereocenters. The van der Waals surface area contributed by atoms with Crippen LogP contribution in [0.2, 0.25) is 5.02 Å². The number of carbonyl (C=O) groups excluding carboxylic acids is 1. The Bertz CT molecular complexity index is 1020. The second kappa shape index (κ2) is 11.4. The average Bonchev–Trinajstić information content (AvgIpc) is 3.23. The minimum atomic E-state index is -0.105. The Labute approximate surface area is 199 Å². The van der Waals surface area contributed by atoms with E-state index in [2.05, 4.69) is 13.8 Å². The van der Waals surface area contributed by atoms with Gasteiger partial charge >= 0.3 is 0 Å². The van der Waals surface area contributed by atoms with Crippen LogP contribution in [-0.4, -0.2) is 41.5 Å². The molecule has 1 heterocycles. The highest BCUT2D eigenvalue weighted by atomic mass is 35.5. The average molecular weight is 473 g/mol. The van der Waals surface area contributed by atoms with Crippen molar-refractivity contribution in [3.63, 3.8) is 0 Å². The second-order valence-corrected chi connectivity index (χ2v) is 9.26. The third kappa shape index (κ3) is 6.30. The zero-order chi connectivity index (χ0) is 23.1. The highest BCUT2D eigenvalue weighted by Crippen LogP contribution is 2.31. The van der Waals surface area contributed by atoms with Gasteiger partial charge in [0.25, 0.3) is 5.91 Å². The largest absolute Gasteiger partial charge is 0.490 e. The summed E-state index contributed by atoms with van der Waals surface area (Å²) in [7, 11) is 0. The number of rotatable bonds is 8. The van der Waals surface area contributed by atoms with Gasteiger partial charge in [0.15, 0.2) is 16.7 Å². The molecule has 170 valence electrons. The van der Waals surface area contributed by atoms with Crippen molar-refractivity contribution in [3.8, 4) is 11.5 Å². The molecular weight excluding hydrogens is 444 g/mol. The van der Waals surface area contributed by atoms with Gasteiger partial charge in [-0.3, -0.25) is 9.69 Å². The molecule has 1 amide bonds. The molecule has 1 aliphatic rings. The zero-order valence-electron chi connectivity index (χ0n) is 18.9. The molecule has 0 atom stereocenters. The van der Waals surface area contributed by atoms with Crippen molar-refractivity contribution in [1.29, 1.82) is 0 Å². The Morgan fingerprint density at radius 1 is 1.25 bits per heavy atom. The van der Waals surface area contributed by atoms with Crippen LogP contribution in [0.15, 0.2) is 47.5 Å². The van der Waals surface area contributed by atoms with E-state index in [1.165, 1.54) is 0 Å². The van der Waals surface area contributed by atoms with Crippen LogP contribution in [0.5, 0.6) is 11.5 Å². The van der Waals surface area contributed by atoms with Gasteiger partial charge in [0.05, 0.1) is 18.9 Å². The number of nitrogens with zero attached hydrogens (tertiary/aromatic N) is 2. The van der Waals surface area contributed by atoms with Gasteiger partial charge in [0.2, 0.25) is 0 Å². The molecule has 1 saturated heterocycles. The molecule has 0 aromatic heterocycles. The number of amides is 1. The second-order valence-electron chi connectivity index (χ2n) is 7.79. The van der Waals surface area contributed by atoms with Gasteiger partial charge in [0, 0.05) is 23.4 Å². The minimum absolute atomic E-state index is 0.105. The van der Waals surface area contributed by atoms with Crippen LogP contribution in [0, 0.1) is 12.8 Å². The van der Waals surface area contributed by atoms with Crippen LogP contribution in [-0.2, 0) is 4.79 Å². The number of aliphatic imine (C=N–C) groups is 1. The number of hydrogen-bond donors (Lipinski definition) is 0. The summed E-state index contributed by atoms with van der Waals surface area (Å²) in [4.78, 5) is 19.3. The number of carbonyl (C=O) groups is 1. The van der Waals surface area contributed by atoms with Crippen LogP contribution in [0.4, 0.5) is 5.69 Å². The lowest BCUT2D eigenvalue weighted by Crippen LogP contribution is -2.30. The molecule has 32 heavy (non-hydrogen) atoms. The fourth-order valence-corrected chi connectivity index (χ4v) is 4.17. The maximum absolute atomic E-state index is 12.9. The summed E-state index contributed by atoms with van der Waals surface area (Å²) in [6.45, 7) is 9.85. The SMILES string of the molecule is CCOc1cc(C=CC(=O)N2CCSC2=Nc2cccc(Cl)c2C)ccc1OCC(C)C. The molecule has 7 heteroatoms. The lowest BCUT2D eigenvalue weighted by atomic mass is 10.1. The maximum atomic E-state index is 12.9. The topological polar surface area (TPSA) is 51.1 Å². The van der Waals surface area contributed by atoms with Gasteiger partial charge in [-0.05, 0) is 61.2 Å². The smallest absolute Gasteiger partial charge is 0.252 e. The predicted molar refractivity (Wildman–Crippen MR) is 134 cm³/mol. The number of thioether (sulfide) groups is 1. The highest BCUT2D eigenvalue weighted by Gasteiger charge is 2.24. The van der Waals surface area contributed by atoms with E-state index >= 15 is 0 Å². The standard InChI is InChI=1S/C25H29ClN2O3S/c1-5-30-23-15-19(9-11-22(23)31-16-17(2)3)10-12-24(29)28-13-14-32-25(28)27-21-8-6-7-20(26)18(21)4/h6-12,15,17H,5,13-14,16H2,1-4H3. The van der Waals surface area contributed by atoms with Crippen molar-refractivity contribution in [2.24, 2.45) is 10.9 Å². The number of ether oxygens (including phenoxy) is 2. The van der Waals surface area contributed by atoms with Gasteiger partial charge in [-0.2, -0.15) is 0 Å². The predicted octanol–water partition coefficient (Wildman–Crippen LogP) is 6.36. The Morgan fingerprint density at radius 3 is 2.81 bits per heavy atom. The fraction of sp³-hybridized carbons (Fsp3) is 0.360. The van der Waals surface area contributed by atoms with E-state index in [-0.39, 0.29) is 5.91 Å². The van der Waals surface area contributed by atoms with E-state index in [9.17, 15) is 4.79 Å². The number of benzene rings is 2. The van der Waals surface area contributed by atoms with E-state index in [0.29, 0.717) is 47.4 Å². The van der Waals surface area contributed by atoms with E-state index in [4.69, 9.17) is 26.1 Å². The Kier molecular flexibility index (Phi) is 8.65. The van der Waals surface area contributed by atoms with Crippen molar-refractivity contribution in [2.75, 3.05) is 25.5 Å². The van der Waals surface area contributed by atoms with Crippen LogP contribution in [0.25, 0.3) is 6.08 Å². The van der Waals surface area contributed by atoms with Gasteiger partial charge in [-0.15, -0.1) is 0 Å². The van der Waals surface area contributed by atoms with Crippen molar-refractivity contribution in [3.05, 3.63) is 58.6 Å². The van der Waals surface area contributed by atoms with Crippen LogP contribution in [0.1, 0.15) is 31.9 Å². The lowest BCUT2D eigenvalue weighted by molar-refractivity contribution is -0.121. The van der Waals surface area contributed by atoms with Crippen molar-refractivity contribution >= 4 is 46.2 Å². The van der Waals surface area contributed by atoms with Crippen LogP contribution < -0.4 is 9.47 Å². The number of halogens is 1. The Morgan fingerprint density at radius 2 is 2.06 bits per heavy atom. The van der Waals surface area contributed by atoms with Gasteiger partial charge in [-0.1, -0.05) is 49.3 Å². The highest BCUT2D eigenvalue weighted by molar-refractivity contribution is 8.14. The zero-order valence-corrected chi connectivity index (χ0v) is 20.5. The molecule has 2 aromatic rings. The van der Waals surface area contributed by atoms with E-state index in [1.54, 1.807) is 28.8 Å². The summed E-state index contributed by atoms with van der Waals surface area (Å²) >= 11 is 7.78. The van der Waals surface area contributed by atoms with Crippen LogP contribution >= 0.6 is 23.4 Å². The molecule has 1 fully saturated rings. The molecule has 0 bridgehead atoms. The third-order valence-electron chi connectivity index (χ3n) is 4.76. The summed E-state index contributed by atoms with van der Waals surface area (Å²) in [6, 6.07) is 11.3. The van der Waals surface area contributed by atoms with Crippen molar-refractivity contribution in [2.45, 2.75) is 27.7 Å². The summed E-state index contributed by atoms with van der Waals surface area (Å²) in [5, 5.41) is 1.36. The molecule has 0 aliphatic carbocycles. The molecule has 3 rings (SSSR count). The molecule has 0 saturated carbocycles. The minimum Gasteiger partial charge on any atom is -0.490 e. The first-order valence-corrected chi connectivity index (χ1v) is 12.1. The monoisotopic (exact) mass is 472 g/mol. The number of amidine groups is 1. The normalized spacial score (nSPS) is 15.2. The molecule has 2 aromatic carbocycles. The quantitative estimate of drug-likeness (QED) is 0.419. The molecule has 1 aliphatic heterocycles. The molecule has 0 N–H and O–H groups in total. The summed E-state index contributed by atoms with van der Waals surface area (Å²) in [6.07, 6.45) is 3.37. The Balaban J connectivity index is 1.75. The number of hydrogen-bond acceptors (Lipinski definition) is 5. The van der Waals surface area contributed by atoms with Gasteiger partial charge < -0.3 is 9.47 Å². The fourth-order valence-electron chi connectivity index (χ4n) is 3.05. The summed E-state index contributed by atoms with van der Waals surface area (Å²) < 4.78 is 11.6. The van der Waals surface area contributed by atoms with E-state index in [1.807, 2.05) is 50.2 Å². The molecule has 0 radical (unpaired) electrons. The first kappa shape index (κ1) is 24.2. The Hall–Kier alpha value is -2.44. The first-order chi connectivity index (χ1) is 15.4. The van der Waals surface area contributed by atoms with Gasteiger partial charge in [0.1, 0.15) is 0 Å². The summed E-state index contributed by atoms with van der Waals surface area (Å²) in [5.41, 5.74) is 2.55. The maximum Gasteiger partial charge on any atom is 0.252 e. The van der Waals surface area contributed by atoms with E-state index in [0.717, 1.165) is 22.6 Å². The molecular formula is C25H29ClN2O3S. The summed E-state index contributed by atoms with van der Waals surface area (Å²) in [5.74, 6) is 2.52.